The lowest BCUT2D eigenvalue weighted by molar-refractivity contribution is -0.117. The summed E-state index contributed by atoms with van der Waals surface area (Å²) in [5, 5.41) is 9.02. The molecule has 1 fully saturated rings. The molecule has 1 N–H and O–H groups in total. The van der Waals surface area contributed by atoms with Crippen LogP contribution < -0.4 is 4.90 Å². The maximum atomic E-state index is 12.1. The first-order valence-electron chi connectivity index (χ1n) is 7.62. The fourth-order valence-electron chi connectivity index (χ4n) is 3.04. The lowest BCUT2D eigenvalue weighted by Crippen LogP contribution is -2.38. The highest BCUT2D eigenvalue weighted by Crippen LogP contribution is 2.29. The molecule has 0 aromatic heterocycles. The molecule has 1 amide bonds. The summed E-state index contributed by atoms with van der Waals surface area (Å²) in [5.41, 5.74) is 1.91. The van der Waals surface area contributed by atoms with E-state index in [1.165, 1.54) is 0 Å². The van der Waals surface area contributed by atoms with Gasteiger partial charge in [-0.25, -0.2) is 4.79 Å². The van der Waals surface area contributed by atoms with E-state index in [2.05, 4.69) is 4.90 Å². The number of fused-ring (bicyclic) bond motifs is 1. The second kappa shape index (κ2) is 6.46. The molecule has 0 atom stereocenters. The van der Waals surface area contributed by atoms with Crippen LogP contribution in [0.5, 0.6) is 0 Å². The summed E-state index contributed by atoms with van der Waals surface area (Å²) < 4.78 is 5.32. The van der Waals surface area contributed by atoms with Gasteiger partial charge in [-0.15, -0.1) is 0 Å². The molecule has 2 aliphatic rings. The van der Waals surface area contributed by atoms with Gasteiger partial charge in [0.1, 0.15) is 0 Å². The molecule has 3 rings (SSSR count). The second-order valence-electron chi connectivity index (χ2n) is 5.68. The Morgan fingerprint density at radius 1 is 1.23 bits per heavy atom. The molecule has 1 aromatic carbocycles. The molecular weight excluding hydrogens is 284 g/mol. The highest BCUT2D eigenvalue weighted by atomic mass is 16.5. The lowest BCUT2D eigenvalue weighted by atomic mass is 10.1. The highest BCUT2D eigenvalue weighted by Gasteiger charge is 2.27. The zero-order valence-corrected chi connectivity index (χ0v) is 12.5. The van der Waals surface area contributed by atoms with Crippen molar-refractivity contribution in [2.45, 2.75) is 12.8 Å². The molecule has 22 heavy (non-hydrogen) atoms. The number of ether oxygens (including phenoxy) is 1. The van der Waals surface area contributed by atoms with Crippen LogP contribution in [0.25, 0.3) is 0 Å². The molecule has 6 heteroatoms. The van der Waals surface area contributed by atoms with Crippen LogP contribution in [0.1, 0.15) is 22.3 Å². The Kier molecular flexibility index (Phi) is 4.40. The van der Waals surface area contributed by atoms with Gasteiger partial charge in [0.2, 0.25) is 5.91 Å². The molecular formula is C16H20N2O4. The number of anilines is 1. The van der Waals surface area contributed by atoms with Crippen LogP contribution in [0, 0.1) is 0 Å². The Bertz CT molecular complexity index is 582. The minimum Gasteiger partial charge on any atom is -0.478 e. The van der Waals surface area contributed by atoms with E-state index in [4.69, 9.17) is 9.84 Å². The molecule has 0 radical (unpaired) electrons. The van der Waals surface area contributed by atoms with Gasteiger partial charge in [0, 0.05) is 31.9 Å². The van der Waals surface area contributed by atoms with Crippen molar-refractivity contribution in [2.75, 3.05) is 44.3 Å². The molecule has 1 saturated heterocycles. The van der Waals surface area contributed by atoms with E-state index in [1.54, 1.807) is 23.1 Å². The minimum atomic E-state index is -0.957. The Morgan fingerprint density at radius 2 is 2.00 bits per heavy atom. The zero-order chi connectivity index (χ0) is 15.5. The third kappa shape index (κ3) is 3.13. The molecule has 0 unspecified atom stereocenters. The van der Waals surface area contributed by atoms with E-state index >= 15 is 0 Å². The number of hydrogen-bond donors (Lipinski definition) is 1. The standard InChI is InChI=1S/C16H20N2O4/c19-15-11-13-10-12(16(20)21)2-3-14(13)18(15)5-1-4-17-6-8-22-9-7-17/h2-3,10H,1,4-9,11H2,(H,20,21). The predicted molar refractivity (Wildman–Crippen MR) is 81.3 cm³/mol. The van der Waals surface area contributed by atoms with Gasteiger partial charge in [0.25, 0.3) is 0 Å². The van der Waals surface area contributed by atoms with E-state index in [9.17, 15) is 9.59 Å². The van der Waals surface area contributed by atoms with Crippen LogP contribution in [0.4, 0.5) is 5.69 Å². The van der Waals surface area contributed by atoms with Crippen LogP contribution in [-0.2, 0) is 16.0 Å². The summed E-state index contributed by atoms with van der Waals surface area (Å²) in [4.78, 5) is 27.3. The number of benzene rings is 1. The maximum Gasteiger partial charge on any atom is 0.335 e. The average molecular weight is 304 g/mol. The molecule has 6 nitrogen and oxygen atoms in total. The molecule has 0 spiro atoms. The number of nitrogens with zero attached hydrogens (tertiary/aromatic N) is 2. The zero-order valence-electron chi connectivity index (χ0n) is 12.5. The van der Waals surface area contributed by atoms with E-state index < -0.39 is 5.97 Å². The van der Waals surface area contributed by atoms with E-state index in [0.29, 0.717) is 13.0 Å². The molecule has 0 aliphatic carbocycles. The number of rotatable bonds is 5. The van der Waals surface area contributed by atoms with Crippen LogP contribution >= 0.6 is 0 Å². The monoisotopic (exact) mass is 304 g/mol. The van der Waals surface area contributed by atoms with Gasteiger partial charge in [-0.2, -0.15) is 0 Å². The summed E-state index contributed by atoms with van der Waals surface area (Å²) in [6.07, 6.45) is 1.21. The minimum absolute atomic E-state index is 0.0551. The number of carboxylic acid groups (broad SMARTS) is 1. The fourth-order valence-corrected chi connectivity index (χ4v) is 3.04. The quantitative estimate of drug-likeness (QED) is 0.878. The van der Waals surface area contributed by atoms with Crippen LogP contribution in [0.3, 0.4) is 0 Å². The topological polar surface area (TPSA) is 70.1 Å². The van der Waals surface area contributed by atoms with Gasteiger partial charge in [0.05, 0.1) is 25.2 Å². The fraction of sp³-hybridized carbons (Fsp3) is 0.500. The largest absolute Gasteiger partial charge is 0.478 e. The number of carboxylic acids is 1. The second-order valence-corrected chi connectivity index (χ2v) is 5.68. The number of hydrogen-bond acceptors (Lipinski definition) is 4. The Morgan fingerprint density at radius 3 is 2.73 bits per heavy atom. The Hall–Kier alpha value is -1.92. The van der Waals surface area contributed by atoms with Crippen molar-refractivity contribution >= 4 is 17.6 Å². The molecule has 1 aromatic rings. The van der Waals surface area contributed by atoms with Gasteiger partial charge < -0.3 is 14.7 Å². The first-order valence-corrected chi connectivity index (χ1v) is 7.62. The van der Waals surface area contributed by atoms with Crippen molar-refractivity contribution in [3.63, 3.8) is 0 Å². The summed E-state index contributed by atoms with van der Waals surface area (Å²) in [6, 6.07) is 4.92. The number of carbonyl (C=O) groups excluding carboxylic acids is 1. The predicted octanol–water partition coefficient (Wildman–Crippen LogP) is 0.996. The lowest BCUT2D eigenvalue weighted by Gasteiger charge is -2.27. The van der Waals surface area contributed by atoms with Gasteiger partial charge in [0.15, 0.2) is 0 Å². The highest BCUT2D eigenvalue weighted by molar-refractivity contribution is 6.02. The van der Waals surface area contributed by atoms with Crippen LogP contribution in [-0.4, -0.2) is 61.3 Å². The van der Waals surface area contributed by atoms with Crippen LogP contribution in [0.15, 0.2) is 18.2 Å². The SMILES string of the molecule is O=C(O)c1ccc2c(c1)CC(=O)N2CCCN1CCOCC1. The number of amides is 1. The Balaban J connectivity index is 1.60. The van der Waals surface area contributed by atoms with Crippen molar-refractivity contribution in [1.82, 2.24) is 4.90 Å². The van der Waals surface area contributed by atoms with Crippen molar-refractivity contribution in [3.8, 4) is 0 Å². The first-order chi connectivity index (χ1) is 10.6. The molecule has 0 bridgehead atoms. The summed E-state index contributed by atoms with van der Waals surface area (Å²) in [5.74, 6) is -0.902. The third-order valence-corrected chi connectivity index (χ3v) is 4.22. The molecule has 118 valence electrons. The third-order valence-electron chi connectivity index (χ3n) is 4.22. The maximum absolute atomic E-state index is 12.1. The number of aromatic carboxylic acids is 1. The summed E-state index contributed by atoms with van der Waals surface area (Å²) in [6.45, 7) is 5.09. The van der Waals surface area contributed by atoms with Gasteiger partial charge >= 0.3 is 5.97 Å². The molecule has 2 heterocycles. The number of carbonyl (C=O) groups is 2. The first kappa shape index (κ1) is 15.0. The van der Waals surface area contributed by atoms with E-state index in [-0.39, 0.29) is 11.5 Å². The molecule has 0 saturated carbocycles. The smallest absolute Gasteiger partial charge is 0.335 e. The van der Waals surface area contributed by atoms with E-state index in [0.717, 1.165) is 50.5 Å². The van der Waals surface area contributed by atoms with Crippen molar-refractivity contribution in [3.05, 3.63) is 29.3 Å². The van der Waals surface area contributed by atoms with E-state index in [1.807, 2.05) is 0 Å². The summed E-state index contributed by atoms with van der Waals surface area (Å²) in [7, 11) is 0. The van der Waals surface area contributed by atoms with Crippen molar-refractivity contribution in [2.24, 2.45) is 0 Å². The normalized spacial score (nSPS) is 18.5. The van der Waals surface area contributed by atoms with Gasteiger partial charge in [-0.05, 0) is 30.2 Å². The Labute approximate surface area is 129 Å². The summed E-state index contributed by atoms with van der Waals surface area (Å²) >= 11 is 0. The average Bonchev–Trinajstić information content (AvgIpc) is 2.83. The van der Waals surface area contributed by atoms with Gasteiger partial charge in [-0.1, -0.05) is 0 Å². The van der Waals surface area contributed by atoms with Crippen molar-refractivity contribution in [1.29, 1.82) is 0 Å². The van der Waals surface area contributed by atoms with Gasteiger partial charge in [-0.3, -0.25) is 9.69 Å². The number of morpholine rings is 1. The van der Waals surface area contributed by atoms with Crippen LogP contribution in [0.2, 0.25) is 0 Å². The molecule has 2 aliphatic heterocycles. The van der Waals surface area contributed by atoms with Crippen molar-refractivity contribution < 1.29 is 19.4 Å².